The van der Waals surface area contributed by atoms with E-state index in [1.54, 1.807) is 7.11 Å². The molecule has 2 heteroatoms. The van der Waals surface area contributed by atoms with E-state index in [4.69, 9.17) is 10.5 Å². The number of methoxy groups -OCH3 is 1. The third-order valence-electron chi connectivity index (χ3n) is 3.18. The van der Waals surface area contributed by atoms with Gasteiger partial charge in [0.2, 0.25) is 0 Å². The van der Waals surface area contributed by atoms with Gasteiger partial charge in [0, 0.05) is 5.92 Å². The average molecular weight is 235 g/mol. The Hall–Kier alpha value is -1.02. The molecule has 0 aliphatic heterocycles. The van der Waals surface area contributed by atoms with Crippen molar-refractivity contribution in [3.05, 3.63) is 29.3 Å². The Morgan fingerprint density at radius 3 is 2.47 bits per heavy atom. The molecule has 0 radical (unpaired) electrons. The Morgan fingerprint density at radius 1 is 1.29 bits per heavy atom. The van der Waals surface area contributed by atoms with E-state index in [9.17, 15) is 0 Å². The topological polar surface area (TPSA) is 35.2 Å². The summed E-state index contributed by atoms with van der Waals surface area (Å²) in [5, 5.41) is 0. The molecular weight excluding hydrogens is 210 g/mol. The maximum Gasteiger partial charge on any atom is 0.122 e. The summed E-state index contributed by atoms with van der Waals surface area (Å²) in [7, 11) is 1.73. The van der Waals surface area contributed by atoms with Crippen molar-refractivity contribution >= 4 is 0 Å². The molecule has 1 rings (SSSR count). The van der Waals surface area contributed by atoms with Crippen LogP contribution in [0.1, 0.15) is 44.2 Å². The number of aryl methyl sites for hydroxylation is 1. The molecule has 17 heavy (non-hydrogen) atoms. The van der Waals surface area contributed by atoms with Crippen molar-refractivity contribution in [1.82, 2.24) is 0 Å². The molecular formula is C15H25NO. The molecule has 0 heterocycles. The van der Waals surface area contributed by atoms with Crippen LogP contribution in [0.2, 0.25) is 0 Å². The minimum Gasteiger partial charge on any atom is -0.496 e. The van der Waals surface area contributed by atoms with Crippen molar-refractivity contribution in [3.8, 4) is 5.75 Å². The van der Waals surface area contributed by atoms with E-state index >= 15 is 0 Å². The molecule has 1 atom stereocenters. The molecule has 96 valence electrons. The molecule has 0 aromatic heterocycles. The zero-order valence-electron chi connectivity index (χ0n) is 11.5. The Bertz CT molecular complexity index is 347. The summed E-state index contributed by atoms with van der Waals surface area (Å²) >= 11 is 0. The first kappa shape index (κ1) is 14.0. The molecule has 1 unspecified atom stereocenters. The molecule has 0 aliphatic rings. The Morgan fingerprint density at radius 2 is 2.00 bits per heavy atom. The van der Waals surface area contributed by atoms with Gasteiger partial charge in [0.25, 0.3) is 0 Å². The third kappa shape index (κ3) is 3.74. The molecule has 0 amide bonds. The zero-order valence-corrected chi connectivity index (χ0v) is 11.5. The van der Waals surface area contributed by atoms with E-state index in [2.05, 4.69) is 39.0 Å². The molecule has 0 saturated carbocycles. The second-order valence-electron chi connectivity index (χ2n) is 4.99. The number of benzene rings is 1. The first-order valence-corrected chi connectivity index (χ1v) is 6.49. The average Bonchev–Trinajstić information content (AvgIpc) is 2.34. The number of rotatable bonds is 6. The van der Waals surface area contributed by atoms with E-state index in [0.717, 1.165) is 18.6 Å². The van der Waals surface area contributed by atoms with E-state index in [1.165, 1.54) is 11.1 Å². The quantitative estimate of drug-likeness (QED) is 0.820. The summed E-state index contributed by atoms with van der Waals surface area (Å²) in [4.78, 5) is 0. The molecule has 1 aromatic carbocycles. The molecule has 0 fully saturated rings. The number of ether oxygens (including phenoxy) is 1. The molecule has 2 nitrogen and oxygen atoms in total. The lowest BCUT2D eigenvalue weighted by Gasteiger charge is -2.21. The second kappa shape index (κ2) is 6.65. The fourth-order valence-corrected chi connectivity index (χ4v) is 2.24. The second-order valence-corrected chi connectivity index (χ2v) is 4.99. The summed E-state index contributed by atoms with van der Waals surface area (Å²) in [5.41, 5.74) is 8.53. The summed E-state index contributed by atoms with van der Waals surface area (Å²) < 4.78 is 5.45. The van der Waals surface area contributed by atoms with Gasteiger partial charge in [-0.1, -0.05) is 32.9 Å². The van der Waals surface area contributed by atoms with Crippen LogP contribution in [-0.2, 0) is 6.42 Å². The van der Waals surface area contributed by atoms with E-state index < -0.39 is 0 Å². The largest absolute Gasteiger partial charge is 0.496 e. The lowest BCUT2D eigenvalue weighted by atomic mass is 9.88. The molecule has 2 N–H and O–H groups in total. The Balaban J connectivity index is 3.05. The van der Waals surface area contributed by atoms with Gasteiger partial charge in [0.05, 0.1) is 7.11 Å². The monoisotopic (exact) mass is 235 g/mol. The van der Waals surface area contributed by atoms with Crippen molar-refractivity contribution < 1.29 is 4.74 Å². The van der Waals surface area contributed by atoms with Crippen LogP contribution in [0.5, 0.6) is 5.75 Å². The van der Waals surface area contributed by atoms with Crippen LogP contribution in [0, 0.1) is 5.92 Å². The first-order chi connectivity index (χ1) is 8.12. The predicted molar refractivity (Wildman–Crippen MR) is 73.6 cm³/mol. The van der Waals surface area contributed by atoms with Crippen LogP contribution in [0.25, 0.3) is 0 Å². The van der Waals surface area contributed by atoms with Crippen molar-refractivity contribution in [2.75, 3.05) is 13.7 Å². The summed E-state index contributed by atoms with van der Waals surface area (Å²) in [6, 6.07) is 6.45. The third-order valence-corrected chi connectivity index (χ3v) is 3.18. The van der Waals surface area contributed by atoms with Crippen molar-refractivity contribution in [3.63, 3.8) is 0 Å². The smallest absolute Gasteiger partial charge is 0.122 e. The molecule has 1 aromatic rings. The van der Waals surface area contributed by atoms with Crippen molar-refractivity contribution in [1.29, 1.82) is 0 Å². The maximum atomic E-state index is 5.91. The van der Waals surface area contributed by atoms with Gasteiger partial charge in [0.1, 0.15) is 5.75 Å². The first-order valence-electron chi connectivity index (χ1n) is 6.49. The normalized spacial score (nSPS) is 12.8. The van der Waals surface area contributed by atoms with E-state index in [1.807, 2.05) is 0 Å². The highest BCUT2D eigenvalue weighted by Gasteiger charge is 2.16. The predicted octanol–water partition coefficient (Wildman–Crippen LogP) is 3.35. The number of hydrogen-bond donors (Lipinski definition) is 1. The van der Waals surface area contributed by atoms with Crippen LogP contribution >= 0.6 is 0 Å². The van der Waals surface area contributed by atoms with Gasteiger partial charge in [-0.05, 0) is 42.5 Å². The van der Waals surface area contributed by atoms with Gasteiger partial charge < -0.3 is 10.5 Å². The fraction of sp³-hybridized carbons (Fsp3) is 0.600. The van der Waals surface area contributed by atoms with Gasteiger partial charge in [0.15, 0.2) is 0 Å². The lowest BCUT2D eigenvalue weighted by molar-refractivity contribution is 0.399. The Labute approximate surface area is 105 Å². The highest BCUT2D eigenvalue weighted by atomic mass is 16.5. The lowest BCUT2D eigenvalue weighted by Crippen LogP contribution is -2.15. The maximum absolute atomic E-state index is 5.91. The summed E-state index contributed by atoms with van der Waals surface area (Å²) in [6.45, 7) is 7.32. The van der Waals surface area contributed by atoms with Crippen LogP contribution in [0.15, 0.2) is 18.2 Å². The minimum atomic E-state index is 0.399. The van der Waals surface area contributed by atoms with E-state index in [-0.39, 0.29) is 0 Å². The van der Waals surface area contributed by atoms with Gasteiger partial charge in [-0.15, -0.1) is 0 Å². The highest BCUT2D eigenvalue weighted by Crippen LogP contribution is 2.31. The van der Waals surface area contributed by atoms with Gasteiger partial charge >= 0.3 is 0 Å². The fourth-order valence-electron chi connectivity index (χ4n) is 2.24. The summed E-state index contributed by atoms with van der Waals surface area (Å²) in [5.74, 6) is 2.02. The standard InChI is InChI=1S/C15H25NO/c1-5-12-6-7-15(17-4)14(9-12)13(10-16)8-11(2)3/h6-7,9,11,13H,5,8,10,16H2,1-4H3. The molecule has 0 aliphatic carbocycles. The van der Waals surface area contributed by atoms with Gasteiger partial charge in [-0.25, -0.2) is 0 Å². The molecule has 0 saturated heterocycles. The van der Waals surface area contributed by atoms with Crippen LogP contribution < -0.4 is 10.5 Å². The SMILES string of the molecule is CCc1ccc(OC)c(C(CN)CC(C)C)c1. The number of hydrogen-bond acceptors (Lipinski definition) is 2. The van der Waals surface area contributed by atoms with Gasteiger partial charge in [-0.3, -0.25) is 0 Å². The zero-order chi connectivity index (χ0) is 12.8. The van der Waals surface area contributed by atoms with Crippen LogP contribution in [0.4, 0.5) is 0 Å². The van der Waals surface area contributed by atoms with Crippen LogP contribution in [-0.4, -0.2) is 13.7 Å². The highest BCUT2D eigenvalue weighted by molar-refractivity contribution is 5.40. The molecule has 0 bridgehead atoms. The van der Waals surface area contributed by atoms with Crippen molar-refractivity contribution in [2.24, 2.45) is 11.7 Å². The van der Waals surface area contributed by atoms with Crippen molar-refractivity contribution in [2.45, 2.75) is 39.5 Å². The summed E-state index contributed by atoms with van der Waals surface area (Å²) in [6.07, 6.45) is 2.16. The number of nitrogens with two attached hydrogens (primary N) is 1. The Kier molecular flexibility index (Phi) is 5.49. The minimum absolute atomic E-state index is 0.399. The van der Waals surface area contributed by atoms with Crippen LogP contribution in [0.3, 0.4) is 0 Å². The van der Waals surface area contributed by atoms with Gasteiger partial charge in [-0.2, -0.15) is 0 Å². The van der Waals surface area contributed by atoms with E-state index in [0.29, 0.717) is 18.4 Å². The molecule has 0 spiro atoms.